The van der Waals surface area contributed by atoms with Gasteiger partial charge in [-0.2, -0.15) is 0 Å². The van der Waals surface area contributed by atoms with Gasteiger partial charge in [-0.05, 0) is 12.1 Å². The van der Waals surface area contributed by atoms with Crippen molar-refractivity contribution in [3.63, 3.8) is 0 Å². The number of carbonyl (C=O) groups excluding carboxylic acids is 1. The number of hydrogen-bond acceptors (Lipinski definition) is 3. The summed E-state index contributed by atoms with van der Waals surface area (Å²) in [4.78, 5) is 10.1. The Bertz CT molecular complexity index is 317. The van der Waals surface area contributed by atoms with E-state index in [2.05, 4.69) is 5.32 Å². The number of fused-ring (bicyclic) bond motifs is 1. The zero-order valence-corrected chi connectivity index (χ0v) is 6.28. The number of allylic oxidation sites excluding steroid dienone is 1. The van der Waals surface area contributed by atoms with E-state index in [1.165, 1.54) is 6.08 Å². The quantitative estimate of drug-likeness (QED) is 0.501. The third kappa shape index (κ3) is 1.05. The highest BCUT2D eigenvalue weighted by atomic mass is 16.5. The molecule has 0 bridgehead atoms. The molecule has 0 aromatic heterocycles. The smallest absolute Gasteiger partial charge is 0.201 e. The number of para-hydroxylation sites is 2. The first-order valence-corrected chi connectivity index (χ1v) is 3.59. The van der Waals surface area contributed by atoms with Crippen LogP contribution in [0.2, 0.25) is 0 Å². The lowest BCUT2D eigenvalue weighted by Crippen LogP contribution is -1.96. The standard InChI is InChI=1S/C9H7NO2/c11-6-5-9-10-7-3-1-2-4-8(7)12-9/h1-6,10H. The monoisotopic (exact) mass is 161 g/mol. The zero-order chi connectivity index (χ0) is 8.39. The van der Waals surface area contributed by atoms with Crippen LogP contribution in [-0.2, 0) is 4.79 Å². The number of ether oxygens (including phenoxy) is 1. The molecule has 60 valence electrons. The highest BCUT2D eigenvalue weighted by Crippen LogP contribution is 2.32. The van der Waals surface area contributed by atoms with Crippen molar-refractivity contribution in [2.75, 3.05) is 5.32 Å². The van der Waals surface area contributed by atoms with Crippen molar-refractivity contribution >= 4 is 12.0 Å². The Kier molecular flexibility index (Phi) is 1.55. The summed E-state index contributed by atoms with van der Waals surface area (Å²) in [5, 5.41) is 2.94. The highest BCUT2D eigenvalue weighted by Gasteiger charge is 2.13. The van der Waals surface area contributed by atoms with Crippen LogP contribution >= 0.6 is 0 Å². The van der Waals surface area contributed by atoms with Crippen LogP contribution in [0.1, 0.15) is 0 Å². The minimum absolute atomic E-state index is 0.478. The van der Waals surface area contributed by atoms with Gasteiger partial charge in [0.25, 0.3) is 0 Å². The number of nitrogens with one attached hydrogen (secondary N) is 1. The fourth-order valence-corrected chi connectivity index (χ4v) is 1.07. The van der Waals surface area contributed by atoms with Crippen molar-refractivity contribution in [3.8, 4) is 5.75 Å². The fourth-order valence-electron chi connectivity index (χ4n) is 1.07. The van der Waals surface area contributed by atoms with Gasteiger partial charge in [0, 0.05) is 6.08 Å². The zero-order valence-electron chi connectivity index (χ0n) is 6.28. The van der Waals surface area contributed by atoms with Gasteiger partial charge in [0.2, 0.25) is 5.88 Å². The molecule has 1 N–H and O–H groups in total. The van der Waals surface area contributed by atoms with Gasteiger partial charge in [0.1, 0.15) is 6.29 Å². The second-order valence-electron chi connectivity index (χ2n) is 2.39. The van der Waals surface area contributed by atoms with E-state index < -0.39 is 0 Å². The summed E-state index contributed by atoms with van der Waals surface area (Å²) in [6.45, 7) is 0. The van der Waals surface area contributed by atoms with Crippen molar-refractivity contribution in [1.82, 2.24) is 0 Å². The van der Waals surface area contributed by atoms with Gasteiger partial charge in [0.15, 0.2) is 5.75 Å². The molecular weight excluding hydrogens is 154 g/mol. The van der Waals surface area contributed by atoms with Crippen LogP contribution in [0.3, 0.4) is 0 Å². The number of carbonyl (C=O) groups is 1. The molecule has 3 nitrogen and oxygen atoms in total. The van der Waals surface area contributed by atoms with Crippen LogP contribution in [0.5, 0.6) is 5.75 Å². The molecule has 3 heteroatoms. The molecule has 0 unspecified atom stereocenters. The summed E-state index contributed by atoms with van der Waals surface area (Å²) >= 11 is 0. The van der Waals surface area contributed by atoms with Gasteiger partial charge in [0.05, 0.1) is 5.69 Å². The van der Waals surface area contributed by atoms with Crippen molar-refractivity contribution < 1.29 is 9.53 Å². The molecule has 2 rings (SSSR count). The lowest BCUT2D eigenvalue weighted by atomic mass is 10.3. The number of rotatable bonds is 1. The Hall–Kier alpha value is -1.77. The van der Waals surface area contributed by atoms with E-state index in [0.29, 0.717) is 12.2 Å². The Morgan fingerprint density at radius 1 is 1.33 bits per heavy atom. The minimum atomic E-state index is 0.478. The normalized spacial score (nSPS) is 16.5. The molecule has 1 heterocycles. The van der Waals surface area contributed by atoms with Crippen molar-refractivity contribution in [2.24, 2.45) is 0 Å². The molecule has 1 aliphatic rings. The molecule has 0 fully saturated rings. The van der Waals surface area contributed by atoms with E-state index in [0.717, 1.165) is 11.4 Å². The third-order valence-corrected chi connectivity index (χ3v) is 1.58. The van der Waals surface area contributed by atoms with Crippen LogP contribution in [0.4, 0.5) is 5.69 Å². The summed E-state index contributed by atoms with van der Waals surface area (Å²) in [5.74, 6) is 1.23. The van der Waals surface area contributed by atoms with Gasteiger partial charge in [-0.1, -0.05) is 12.1 Å². The summed E-state index contributed by atoms with van der Waals surface area (Å²) in [6, 6.07) is 7.51. The van der Waals surface area contributed by atoms with E-state index in [4.69, 9.17) is 4.74 Å². The lowest BCUT2D eigenvalue weighted by molar-refractivity contribution is -0.104. The molecule has 0 atom stereocenters. The summed E-state index contributed by atoms with van der Waals surface area (Å²) in [6.07, 6.45) is 2.04. The van der Waals surface area contributed by atoms with Crippen LogP contribution < -0.4 is 10.1 Å². The van der Waals surface area contributed by atoms with Crippen LogP contribution in [0.25, 0.3) is 0 Å². The SMILES string of the molecule is O=CC=C1Nc2ccccc2O1. The molecule has 0 radical (unpaired) electrons. The van der Waals surface area contributed by atoms with Gasteiger partial charge < -0.3 is 10.1 Å². The number of aldehydes is 1. The molecule has 0 aliphatic carbocycles. The predicted molar refractivity (Wildman–Crippen MR) is 44.8 cm³/mol. The largest absolute Gasteiger partial charge is 0.439 e. The summed E-state index contributed by atoms with van der Waals surface area (Å²) in [5.41, 5.74) is 0.894. The first-order chi connectivity index (χ1) is 5.90. The summed E-state index contributed by atoms with van der Waals surface area (Å²) in [7, 11) is 0. The minimum Gasteiger partial charge on any atom is -0.439 e. The second-order valence-corrected chi connectivity index (χ2v) is 2.39. The Morgan fingerprint density at radius 2 is 2.17 bits per heavy atom. The Balaban J connectivity index is 2.33. The fraction of sp³-hybridized carbons (Fsp3) is 0. The molecule has 0 saturated heterocycles. The lowest BCUT2D eigenvalue weighted by Gasteiger charge is -1.93. The highest BCUT2D eigenvalue weighted by molar-refractivity contribution is 5.71. The predicted octanol–water partition coefficient (Wildman–Crippen LogP) is 1.53. The van der Waals surface area contributed by atoms with Gasteiger partial charge in [-0.25, -0.2) is 0 Å². The van der Waals surface area contributed by atoms with Crippen molar-refractivity contribution in [1.29, 1.82) is 0 Å². The Labute approximate surface area is 69.7 Å². The van der Waals surface area contributed by atoms with E-state index >= 15 is 0 Å². The molecule has 0 saturated carbocycles. The first kappa shape index (κ1) is 6.91. The molecule has 0 amide bonds. The topological polar surface area (TPSA) is 38.3 Å². The van der Waals surface area contributed by atoms with Gasteiger partial charge in [-0.3, -0.25) is 4.79 Å². The van der Waals surface area contributed by atoms with Crippen LogP contribution in [0, 0.1) is 0 Å². The average molecular weight is 161 g/mol. The van der Waals surface area contributed by atoms with E-state index in [-0.39, 0.29) is 0 Å². The molecule has 0 spiro atoms. The van der Waals surface area contributed by atoms with E-state index in [1.54, 1.807) is 0 Å². The maximum Gasteiger partial charge on any atom is 0.201 e. The molecule has 1 aromatic carbocycles. The van der Waals surface area contributed by atoms with Crippen LogP contribution in [0.15, 0.2) is 36.2 Å². The third-order valence-electron chi connectivity index (χ3n) is 1.58. The van der Waals surface area contributed by atoms with Crippen molar-refractivity contribution in [2.45, 2.75) is 0 Å². The summed E-state index contributed by atoms with van der Waals surface area (Å²) < 4.78 is 5.27. The molecule has 1 aromatic rings. The number of anilines is 1. The van der Waals surface area contributed by atoms with Crippen LogP contribution in [-0.4, -0.2) is 6.29 Å². The van der Waals surface area contributed by atoms with Gasteiger partial charge >= 0.3 is 0 Å². The van der Waals surface area contributed by atoms with E-state index in [9.17, 15) is 4.79 Å². The van der Waals surface area contributed by atoms with Crippen molar-refractivity contribution in [3.05, 3.63) is 36.2 Å². The first-order valence-electron chi connectivity index (χ1n) is 3.59. The molecular formula is C9H7NO2. The maximum atomic E-state index is 10.1. The molecule has 12 heavy (non-hydrogen) atoms. The number of hydrogen-bond donors (Lipinski definition) is 1. The molecule has 1 aliphatic heterocycles. The second kappa shape index (κ2) is 2.70. The maximum absolute atomic E-state index is 10.1. The van der Waals surface area contributed by atoms with Gasteiger partial charge in [-0.15, -0.1) is 0 Å². The Morgan fingerprint density at radius 3 is 2.92 bits per heavy atom. The van der Waals surface area contributed by atoms with E-state index in [1.807, 2.05) is 24.3 Å². The average Bonchev–Trinajstić information content (AvgIpc) is 2.47. The number of benzene rings is 1.